The zero-order chi connectivity index (χ0) is 6.16. The maximum absolute atomic E-state index is 5.18. The molecule has 0 bridgehead atoms. The minimum absolute atomic E-state index is 0.554. The third kappa shape index (κ3) is 0.864. The van der Waals surface area contributed by atoms with Gasteiger partial charge >= 0.3 is 0 Å². The molecule has 2 heterocycles. The highest BCUT2D eigenvalue weighted by Crippen LogP contribution is 2.20. The third-order valence-corrected chi connectivity index (χ3v) is 2.49. The number of hydrogen-bond donors (Lipinski definition) is 1. The van der Waals surface area contributed by atoms with Crippen molar-refractivity contribution in [1.82, 2.24) is 0 Å². The average molecular weight is 128 g/mol. The van der Waals surface area contributed by atoms with E-state index in [-0.39, 0.29) is 0 Å². The summed E-state index contributed by atoms with van der Waals surface area (Å²) in [7, 11) is 0. The topological polar surface area (TPSA) is 25.8 Å². The molecule has 2 fully saturated rings. The van der Waals surface area contributed by atoms with Crippen LogP contribution in [0.2, 0.25) is 0 Å². The van der Waals surface area contributed by atoms with Crippen LogP contribution in [0.5, 0.6) is 0 Å². The Bertz CT molecular complexity index is 101. The average Bonchev–Trinajstić information content (AvgIpc) is 1.87. The molecular weight excluding hydrogens is 114 g/mol. The number of piperidine rings is 1. The molecule has 0 radical (unpaired) electrons. The van der Waals surface area contributed by atoms with Gasteiger partial charge < -0.3 is 10.1 Å². The molecule has 2 saturated heterocycles. The Morgan fingerprint density at radius 2 is 2.11 bits per heavy atom. The summed E-state index contributed by atoms with van der Waals surface area (Å²) in [6.45, 7) is 3.34. The third-order valence-electron chi connectivity index (χ3n) is 2.49. The molecule has 0 aromatic rings. The molecule has 2 N–H and O–H groups in total. The van der Waals surface area contributed by atoms with Crippen LogP contribution in [0.25, 0.3) is 0 Å². The van der Waals surface area contributed by atoms with Crippen LogP contribution in [0.1, 0.15) is 19.3 Å². The summed E-state index contributed by atoms with van der Waals surface area (Å²) >= 11 is 0. The Morgan fingerprint density at radius 1 is 1.22 bits per heavy atom. The molecule has 52 valence electrons. The highest BCUT2D eigenvalue weighted by Gasteiger charge is 2.43. The molecule has 2 aliphatic heterocycles. The largest absolute Gasteiger partial charge is 0.368 e. The molecule has 2 rings (SSSR count). The predicted octanol–water partition coefficient (Wildman–Crippen LogP) is -0.497. The maximum Gasteiger partial charge on any atom is 0.143 e. The summed E-state index contributed by atoms with van der Waals surface area (Å²) in [5.74, 6) is 0. The lowest BCUT2D eigenvalue weighted by Gasteiger charge is -2.41. The number of hydrogen-bond acceptors (Lipinski definition) is 1. The van der Waals surface area contributed by atoms with Crippen LogP contribution in [-0.4, -0.2) is 25.3 Å². The first kappa shape index (κ1) is 5.69. The molecule has 2 nitrogen and oxygen atoms in total. The second-order valence-electron chi connectivity index (χ2n) is 3.31. The van der Waals surface area contributed by atoms with E-state index in [1.54, 1.807) is 0 Å². The van der Waals surface area contributed by atoms with E-state index in [2.05, 4.69) is 5.32 Å². The van der Waals surface area contributed by atoms with Gasteiger partial charge in [0.1, 0.15) is 18.8 Å². The fourth-order valence-corrected chi connectivity index (χ4v) is 1.76. The highest BCUT2D eigenvalue weighted by molar-refractivity contribution is 4.85. The molecule has 0 amide bonds. The van der Waals surface area contributed by atoms with Crippen LogP contribution < -0.4 is 5.32 Å². The Hall–Kier alpha value is -0.0800. The SMILES string of the molecule is C1CCC2(COC2)[NH2+]C1. The summed E-state index contributed by atoms with van der Waals surface area (Å²) in [6.07, 6.45) is 4.20. The van der Waals surface area contributed by atoms with E-state index in [0.717, 1.165) is 13.2 Å². The summed E-state index contributed by atoms with van der Waals surface area (Å²) in [6, 6.07) is 0. The van der Waals surface area contributed by atoms with Crippen molar-refractivity contribution in [3.8, 4) is 0 Å². The zero-order valence-electron chi connectivity index (χ0n) is 5.73. The van der Waals surface area contributed by atoms with E-state index in [4.69, 9.17) is 4.74 Å². The first-order valence-electron chi connectivity index (χ1n) is 3.83. The second kappa shape index (κ2) is 1.96. The van der Waals surface area contributed by atoms with Gasteiger partial charge in [0, 0.05) is 6.42 Å². The van der Waals surface area contributed by atoms with Crippen LogP contribution in [0.15, 0.2) is 0 Å². The fourth-order valence-electron chi connectivity index (χ4n) is 1.76. The Balaban J connectivity index is 1.93. The van der Waals surface area contributed by atoms with Crippen LogP contribution in [0.4, 0.5) is 0 Å². The van der Waals surface area contributed by atoms with Crippen molar-refractivity contribution in [1.29, 1.82) is 0 Å². The fraction of sp³-hybridized carbons (Fsp3) is 1.00. The standard InChI is InChI=1S/C7H13NO/c1-2-4-8-7(3-1)5-9-6-7/h8H,1-6H2/p+1. The molecule has 0 aromatic heterocycles. The minimum Gasteiger partial charge on any atom is -0.368 e. The van der Waals surface area contributed by atoms with Gasteiger partial charge in [-0.15, -0.1) is 0 Å². The second-order valence-corrected chi connectivity index (χ2v) is 3.31. The Labute approximate surface area is 55.6 Å². The molecule has 9 heavy (non-hydrogen) atoms. The zero-order valence-corrected chi connectivity index (χ0v) is 5.73. The lowest BCUT2D eigenvalue weighted by molar-refractivity contribution is -0.756. The summed E-state index contributed by atoms with van der Waals surface area (Å²) in [5, 5.41) is 2.47. The highest BCUT2D eigenvalue weighted by atomic mass is 16.5. The Kier molecular flexibility index (Phi) is 1.24. The number of quaternary nitrogens is 1. The van der Waals surface area contributed by atoms with Crippen molar-refractivity contribution in [2.45, 2.75) is 24.8 Å². The number of rotatable bonds is 0. The molecule has 2 heteroatoms. The lowest BCUT2D eigenvalue weighted by atomic mass is 9.87. The van der Waals surface area contributed by atoms with E-state index >= 15 is 0 Å². The van der Waals surface area contributed by atoms with E-state index in [1.165, 1.54) is 25.8 Å². The van der Waals surface area contributed by atoms with Gasteiger partial charge in [0.25, 0.3) is 0 Å². The van der Waals surface area contributed by atoms with E-state index in [0.29, 0.717) is 5.54 Å². The quantitative estimate of drug-likeness (QED) is 0.468. The monoisotopic (exact) mass is 128 g/mol. The van der Waals surface area contributed by atoms with Gasteiger partial charge in [0.2, 0.25) is 0 Å². The maximum atomic E-state index is 5.18. The van der Waals surface area contributed by atoms with Gasteiger partial charge in [0.15, 0.2) is 0 Å². The molecule has 2 aliphatic rings. The van der Waals surface area contributed by atoms with Crippen molar-refractivity contribution >= 4 is 0 Å². The van der Waals surface area contributed by atoms with Crippen LogP contribution in [-0.2, 0) is 4.74 Å². The van der Waals surface area contributed by atoms with Crippen molar-refractivity contribution in [2.75, 3.05) is 19.8 Å². The number of ether oxygens (including phenoxy) is 1. The molecule has 0 aliphatic carbocycles. The first-order chi connectivity index (χ1) is 4.41. The van der Waals surface area contributed by atoms with E-state index in [9.17, 15) is 0 Å². The number of nitrogens with two attached hydrogens (primary N) is 1. The van der Waals surface area contributed by atoms with Crippen LogP contribution in [0.3, 0.4) is 0 Å². The van der Waals surface area contributed by atoms with Gasteiger partial charge in [-0.1, -0.05) is 0 Å². The summed E-state index contributed by atoms with van der Waals surface area (Å²) in [5.41, 5.74) is 0.554. The van der Waals surface area contributed by atoms with Crippen LogP contribution in [0, 0.1) is 0 Å². The molecule has 0 saturated carbocycles. The first-order valence-corrected chi connectivity index (χ1v) is 3.83. The van der Waals surface area contributed by atoms with Crippen molar-refractivity contribution in [3.63, 3.8) is 0 Å². The molecule has 0 unspecified atom stereocenters. The van der Waals surface area contributed by atoms with E-state index in [1.807, 2.05) is 0 Å². The predicted molar refractivity (Wildman–Crippen MR) is 34.2 cm³/mol. The molecule has 1 spiro atoms. The summed E-state index contributed by atoms with van der Waals surface area (Å²) < 4.78 is 5.18. The van der Waals surface area contributed by atoms with Crippen LogP contribution >= 0.6 is 0 Å². The molecular formula is C7H14NO+. The van der Waals surface area contributed by atoms with Gasteiger partial charge in [-0.2, -0.15) is 0 Å². The Morgan fingerprint density at radius 3 is 2.44 bits per heavy atom. The van der Waals surface area contributed by atoms with Gasteiger partial charge in [-0.05, 0) is 12.8 Å². The minimum atomic E-state index is 0.554. The van der Waals surface area contributed by atoms with E-state index < -0.39 is 0 Å². The normalized spacial score (nSPS) is 32.0. The van der Waals surface area contributed by atoms with Gasteiger partial charge in [-0.25, -0.2) is 0 Å². The lowest BCUT2D eigenvalue weighted by Crippen LogP contribution is -3.03. The molecule has 0 aromatic carbocycles. The van der Waals surface area contributed by atoms with Gasteiger partial charge in [0.05, 0.1) is 6.54 Å². The summed E-state index contributed by atoms with van der Waals surface area (Å²) in [4.78, 5) is 0. The molecule has 0 atom stereocenters. The van der Waals surface area contributed by atoms with Gasteiger partial charge in [-0.3, -0.25) is 0 Å². The van der Waals surface area contributed by atoms with Crippen molar-refractivity contribution < 1.29 is 10.1 Å². The van der Waals surface area contributed by atoms with Crippen molar-refractivity contribution in [2.24, 2.45) is 0 Å². The van der Waals surface area contributed by atoms with Crippen molar-refractivity contribution in [3.05, 3.63) is 0 Å². The smallest absolute Gasteiger partial charge is 0.143 e.